The first-order chi connectivity index (χ1) is 11.6. The number of piperazine rings is 1. The number of hydrogen-bond donors (Lipinski definition) is 2. The Labute approximate surface area is 140 Å². The van der Waals surface area contributed by atoms with Crippen LogP contribution in [0.3, 0.4) is 0 Å². The molecule has 1 atom stereocenters. The zero-order chi connectivity index (χ0) is 16.9. The van der Waals surface area contributed by atoms with Gasteiger partial charge in [-0.3, -0.25) is 4.79 Å². The standard InChI is InChI=1S/C17H20FN5O/c1-13(16(24)21-15-5-2-4-14(18)12-15)22-8-10-23(11-9-22)17-19-6-3-7-20-17/h2-7,12-13H,8-11H2,1H3,(H,21,24)/p+1/t13-/m1/s1. The number of carbonyl (C=O) groups excluding carboxylic acids is 1. The molecular formula is C17H21FN5O+. The summed E-state index contributed by atoms with van der Waals surface area (Å²) in [6.45, 7) is 5.17. The molecule has 7 heteroatoms. The summed E-state index contributed by atoms with van der Waals surface area (Å²) in [5.74, 6) is 0.276. The van der Waals surface area contributed by atoms with E-state index in [1.165, 1.54) is 17.0 Å². The van der Waals surface area contributed by atoms with Crippen molar-refractivity contribution in [1.82, 2.24) is 9.97 Å². The highest BCUT2D eigenvalue weighted by molar-refractivity contribution is 5.93. The fourth-order valence-corrected chi connectivity index (χ4v) is 2.88. The van der Waals surface area contributed by atoms with Crippen molar-refractivity contribution in [3.63, 3.8) is 0 Å². The monoisotopic (exact) mass is 330 g/mol. The quantitative estimate of drug-likeness (QED) is 0.849. The smallest absolute Gasteiger partial charge is 0.282 e. The van der Waals surface area contributed by atoms with Crippen molar-refractivity contribution >= 4 is 17.5 Å². The zero-order valence-corrected chi connectivity index (χ0v) is 13.6. The van der Waals surface area contributed by atoms with Crippen molar-refractivity contribution in [3.05, 3.63) is 48.5 Å². The fraction of sp³-hybridized carbons (Fsp3) is 0.353. The number of nitrogens with one attached hydrogen (secondary N) is 2. The van der Waals surface area contributed by atoms with Crippen molar-refractivity contribution < 1.29 is 14.1 Å². The zero-order valence-electron chi connectivity index (χ0n) is 13.6. The number of benzene rings is 1. The molecule has 0 radical (unpaired) electrons. The van der Waals surface area contributed by atoms with Gasteiger partial charge in [0.1, 0.15) is 5.82 Å². The average molecular weight is 330 g/mol. The molecule has 1 aromatic heterocycles. The number of halogens is 1. The van der Waals surface area contributed by atoms with Crippen LogP contribution in [0.25, 0.3) is 0 Å². The molecule has 1 aliphatic rings. The van der Waals surface area contributed by atoms with Crippen LogP contribution < -0.4 is 15.1 Å². The summed E-state index contributed by atoms with van der Waals surface area (Å²) in [6, 6.07) is 7.55. The molecule has 1 aromatic carbocycles. The Balaban J connectivity index is 1.55. The molecule has 1 fully saturated rings. The van der Waals surface area contributed by atoms with Gasteiger partial charge in [-0.15, -0.1) is 0 Å². The first-order valence-corrected chi connectivity index (χ1v) is 8.06. The normalized spacial score (nSPS) is 16.7. The summed E-state index contributed by atoms with van der Waals surface area (Å²) >= 11 is 0. The summed E-state index contributed by atoms with van der Waals surface area (Å²) < 4.78 is 13.2. The van der Waals surface area contributed by atoms with Gasteiger partial charge in [0.25, 0.3) is 5.91 Å². The van der Waals surface area contributed by atoms with Crippen LogP contribution >= 0.6 is 0 Å². The largest absolute Gasteiger partial charge is 0.330 e. The maximum absolute atomic E-state index is 13.2. The Morgan fingerprint density at radius 2 is 1.96 bits per heavy atom. The van der Waals surface area contributed by atoms with Gasteiger partial charge in [-0.2, -0.15) is 0 Å². The van der Waals surface area contributed by atoms with E-state index in [9.17, 15) is 9.18 Å². The second kappa shape index (κ2) is 7.35. The molecule has 0 saturated carbocycles. The lowest BCUT2D eigenvalue weighted by Gasteiger charge is -2.34. The Kier molecular flexibility index (Phi) is 5.00. The first-order valence-electron chi connectivity index (χ1n) is 8.06. The van der Waals surface area contributed by atoms with E-state index < -0.39 is 0 Å². The minimum Gasteiger partial charge on any atom is -0.330 e. The van der Waals surface area contributed by atoms with Gasteiger partial charge in [-0.05, 0) is 31.2 Å². The third-order valence-electron chi connectivity index (χ3n) is 4.34. The Morgan fingerprint density at radius 1 is 1.25 bits per heavy atom. The average Bonchev–Trinajstić information content (AvgIpc) is 2.62. The van der Waals surface area contributed by atoms with E-state index >= 15 is 0 Å². The number of rotatable bonds is 4. The minimum atomic E-state index is -0.357. The van der Waals surface area contributed by atoms with Gasteiger partial charge in [0.05, 0.1) is 26.2 Å². The number of aromatic nitrogens is 2. The molecule has 3 rings (SSSR count). The van der Waals surface area contributed by atoms with Gasteiger partial charge < -0.3 is 15.1 Å². The molecule has 0 bridgehead atoms. The van der Waals surface area contributed by atoms with Crippen LogP contribution in [0.2, 0.25) is 0 Å². The molecular weight excluding hydrogens is 309 g/mol. The fourth-order valence-electron chi connectivity index (χ4n) is 2.88. The maximum Gasteiger partial charge on any atom is 0.282 e. The number of nitrogens with zero attached hydrogens (tertiary/aromatic N) is 3. The van der Waals surface area contributed by atoms with Crippen molar-refractivity contribution in [1.29, 1.82) is 0 Å². The molecule has 0 unspecified atom stereocenters. The molecule has 6 nitrogen and oxygen atoms in total. The third-order valence-corrected chi connectivity index (χ3v) is 4.34. The predicted molar refractivity (Wildman–Crippen MR) is 89.4 cm³/mol. The molecule has 24 heavy (non-hydrogen) atoms. The summed E-state index contributed by atoms with van der Waals surface area (Å²) in [6.07, 6.45) is 3.47. The predicted octanol–water partition coefficient (Wildman–Crippen LogP) is 0.348. The number of hydrogen-bond acceptors (Lipinski definition) is 4. The van der Waals surface area contributed by atoms with Crippen LogP contribution in [-0.4, -0.2) is 48.1 Å². The van der Waals surface area contributed by atoms with E-state index in [1.807, 2.05) is 6.92 Å². The SMILES string of the molecule is C[C@H](C(=O)Nc1cccc(F)c1)[NH+]1CCN(c2ncccn2)CC1. The van der Waals surface area contributed by atoms with Crippen LogP contribution in [0.15, 0.2) is 42.7 Å². The highest BCUT2D eigenvalue weighted by Gasteiger charge is 2.29. The van der Waals surface area contributed by atoms with Crippen molar-refractivity contribution in [2.45, 2.75) is 13.0 Å². The summed E-state index contributed by atoms with van der Waals surface area (Å²) in [5, 5.41) is 2.78. The Morgan fingerprint density at radius 3 is 2.62 bits per heavy atom. The topological polar surface area (TPSA) is 62.6 Å². The molecule has 0 spiro atoms. The molecule has 2 aromatic rings. The lowest BCUT2D eigenvalue weighted by atomic mass is 10.2. The summed E-state index contributed by atoms with van der Waals surface area (Å²) in [5.41, 5.74) is 0.488. The van der Waals surface area contributed by atoms with E-state index in [0.717, 1.165) is 32.1 Å². The Bertz CT molecular complexity index is 688. The van der Waals surface area contributed by atoms with Crippen molar-refractivity contribution in [3.8, 4) is 0 Å². The minimum absolute atomic E-state index is 0.0972. The third kappa shape index (κ3) is 3.86. The van der Waals surface area contributed by atoms with Crippen LogP contribution in [0.5, 0.6) is 0 Å². The Hall–Kier alpha value is -2.54. The van der Waals surface area contributed by atoms with E-state index in [-0.39, 0.29) is 17.8 Å². The lowest BCUT2D eigenvalue weighted by Crippen LogP contribution is -3.19. The van der Waals surface area contributed by atoms with Gasteiger partial charge >= 0.3 is 0 Å². The van der Waals surface area contributed by atoms with Crippen LogP contribution in [0, 0.1) is 5.82 Å². The van der Waals surface area contributed by atoms with Crippen LogP contribution in [0.1, 0.15) is 6.92 Å². The number of quaternary nitrogens is 1. The highest BCUT2D eigenvalue weighted by Crippen LogP contribution is 2.09. The van der Waals surface area contributed by atoms with Crippen molar-refractivity contribution in [2.24, 2.45) is 0 Å². The van der Waals surface area contributed by atoms with E-state index in [0.29, 0.717) is 5.69 Å². The maximum atomic E-state index is 13.2. The van der Waals surface area contributed by atoms with E-state index in [1.54, 1.807) is 30.6 Å². The number of amides is 1. The van der Waals surface area contributed by atoms with Crippen molar-refractivity contribution in [2.75, 3.05) is 36.4 Å². The molecule has 2 N–H and O–H groups in total. The highest BCUT2D eigenvalue weighted by atomic mass is 19.1. The number of carbonyl (C=O) groups is 1. The second-order valence-electron chi connectivity index (χ2n) is 5.92. The van der Waals surface area contributed by atoms with Gasteiger partial charge in [0.2, 0.25) is 5.95 Å². The van der Waals surface area contributed by atoms with Gasteiger partial charge in [0.15, 0.2) is 6.04 Å². The summed E-state index contributed by atoms with van der Waals surface area (Å²) in [4.78, 5) is 24.2. The van der Waals surface area contributed by atoms with Crippen LogP contribution in [-0.2, 0) is 4.79 Å². The van der Waals surface area contributed by atoms with E-state index in [2.05, 4.69) is 20.2 Å². The number of anilines is 2. The molecule has 2 heterocycles. The summed E-state index contributed by atoms with van der Waals surface area (Å²) in [7, 11) is 0. The van der Waals surface area contributed by atoms with Crippen LogP contribution in [0.4, 0.5) is 16.0 Å². The van der Waals surface area contributed by atoms with Gasteiger partial charge in [-0.25, -0.2) is 14.4 Å². The lowest BCUT2D eigenvalue weighted by molar-refractivity contribution is -0.914. The van der Waals surface area contributed by atoms with E-state index in [4.69, 9.17) is 0 Å². The first kappa shape index (κ1) is 16.3. The second-order valence-corrected chi connectivity index (χ2v) is 5.92. The molecule has 1 amide bonds. The van der Waals surface area contributed by atoms with Gasteiger partial charge in [0, 0.05) is 18.1 Å². The molecule has 1 aliphatic heterocycles. The molecule has 0 aliphatic carbocycles. The molecule has 1 saturated heterocycles. The van der Waals surface area contributed by atoms with Gasteiger partial charge in [-0.1, -0.05) is 6.07 Å². The molecule has 126 valence electrons.